The Morgan fingerprint density at radius 3 is 2.02 bits per heavy atom. The van der Waals surface area contributed by atoms with Crippen molar-refractivity contribution in [3.8, 4) is 23.0 Å². The summed E-state index contributed by atoms with van der Waals surface area (Å²) in [6.07, 6.45) is -0.190. The Morgan fingerprint density at radius 1 is 0.929 bits per heavy atom. The van der Waals surface area contributed by atoms with Gasteiger partial charge in [-0.05, 0) is 42.4 Å². The number of esters is 1. The molecule has 0 fully saturated rings. The molecule has 0 unspecified atom stereocenters. The number of fused-ring (bicyclic) bond motifs is 3. The number of rotatable bonds is 6. The van der Waals surface area contributed by atoms with Crippen LogP contribution in [0.4, 0.5) is 0 Å². The van der Waals surface area contributed by atoms with E-state index < -0.39 is 19.7 Å². The maximum absolute atomic E-state index is 13.5. The molecule has 0 aliphatic carbocycles. The summed E-state index contributed by atoms with van der Waals surface area (Å²) in [6.45, 7) is 14.7. The van der Waals surface area contributed by atoms with Crippen molar-refractivity contribution in [3.63, 3.8) is 0 Å². The molecule has 0 atom stereocenters. The third-order valence-electron chi connectivity index (χ3n) is 8.92. The van der Waals surface area contributed by atoms with Crippen LogP contribution in [0.1, 0.15) is 77.6 Å². The van der Waals surface area contributed by atoms with Crippen molar-refractivity contribution in [3.05, 3.63) is 81.9 Å². The van der Waals surface area contributed by atoms with E-state index in [9.17, 15) is 19.5 Å². The summed E-state index contributed by atoms with van der Waals surface area (Å²) in [5, 5.41) is 10.7. The molecular formula is C33H37NO7Si. The van der Waals surface area contributed by atoms with Crippen LogP contribution in [0.15, 0.2) is 48.5 Å². The van der Waals surface area contributed by atoms with Gasteiger partial charge in [-0.25, -0.2) is 0 Å². The molecule has 8 nitrogen and oxygen atoms in total. The maximum Gasteiger partial charge on any atom is 0.310 e. The fourth-order valence-corrected chi connectivity index (χ4v) is 6.34. The molecule has 3 aromatic carbocycles. The molecule has 3 aromatic rings. The van der Waals surface area contributed by atoms with Crippen molar-refractivity contribution >= 4 is 26.1 Å². The van der Waals surface area contributed by atoms with E-state index in [1.165, 1.54) is 12.0 Å². The zero-order valence-electron chi connectivity index (χ0n) is 25.4. The molecule has 2 heterocycles. The molecule has 0 radical (unpaired) electrons. The van der Waals surface area contributed by atoms with Crippen LogP contribution in [-0.4, -0.2) is 43.2 Å². The Balaban J connectivity index is 1.70. The van der Waals surface area contributed by atoms with E-state index in [1.807, 2.05) is 26.0 Å². The number of ether oxygens (including phenoxy) is 2. The van der Waals surface area contributed by atoms with E-state index in [1.54, 1.807) is 36.4 Å². The molecule has 1 N–H and O–H groups in total. The monoisotopic (exact) mass is 587 g/mol. The summed E-state index contributed by atoms with van der Waals surface area (Å²) in [7, 11) is -1.08. The van der Waals surface area contributed by atoms with Gasteiger partial charge in [-0.15, -0.1) is 0 Å². The number of phenolic OH excluding ortho intramolecular Hbond substituents is 1. The first-order valence-electron chi connectivity index (χ1n) is 14.0. The summed E-state index contributed by atoms with van der Waals surface area (Å²) in [6, 6.07) is 14.0. The highest BCUT2D eigenvalue weighted by atomic mass is 28.4. The minimum atomic E-state index is -2.37. The number of carbonyl (C=O) groups is 3. The second-order valence-electron chi connectivity index (χ2n) is 12.9. The number of hydrogen-bond donors (Lipinski definition) is 1. The van der Waals surface area contributed by atoms with Crippen molar-refractivity contribution < 1.29 is 33.4 Å². The molecule has 0 saturated carbocycles. The normalized spacial score (nSPS) is 15.5. The fraction of sp³-hybridized carbons (Fsp3) is 0.364. The largest absolute Gasteiger partial charge is 0.543 e. The zero-order chi connectivity index (χ0) is 30.8. The number of phenols is 1. The number of amides is 2. The standard InChI is InChI=1S/C33H37NO7Si/c1-32(2,3)42(7,8)41-26-16-14-24-29(22(26)18-34-30(37)19-11-9-10-12-20(19)31(34)38)40-28-21(17-27(36)39-6)25(35)15-13-23(28)33(24,4)5/h9-16,35H,17-18H2,1-8H3. The number of methoxy groups -OCH3 is 1. The van der Waals surface area contributed by atoms with E-state index in [-0.39, 0.29) is 35.6 Å². The molecule has 2 aliphatic rings. The van der Waals surface area contributed by atoms with Gasteiger partial charge in [-0.1, -0.05) is 58.9 Å². The Hall–Kier alpha value is -4.11. The van der Waals surface area contributed by atoms with Gasteiger partial charge >= 0.3 is 5.97 Å². The van der Waals surface area contributed by atoms with Crippen molar-refractivity contribution in [1.29, 1.82) is 0 Å². The Bertz CT molecular complexity index is 1600. The average Bonchev–Trinajstić information content (AvgIpc) is 3.15. The van der Waals surface area contributed by atoms with E-state index in [4.69, 9.17) is 13.9 Å². The van der Waals surface area contributed by atoms with Crippen molar-refractivity contribution in [2.24, 2.45) is 0 Å². The average molecular weight is 588 g/mol. The summed E-state index contributed by atoms with van der Waals surface area (Å²) in [5.41, 5.74) is 2.58. The lowest BCUT2D eigenvalue weighted by Gasteiger charge is -2.40. The number of imide groups is 1. The van der Waals surface area contributed by atoms with Crippen molar-refractivity contribution in [1.82, 2.24) is 4.90 Å². The number of nitrogens with zero attached hydrogens (tertiary/aromatic N) is 1. The van der Waals surface area contributed by atoms with Gasteiger partial charge < -0.3 is 19.0 Å². The fourth-order valence-electron chi connectivity index (χ4n) is 5.29. The van der Waals surface area contributed by atoms with Crippen LogP contribution in [-0.2, 0) is 27.9 Å². The van der Waals surface area contributed by atoms with Gasteiger partial charge in [0.2, 0.25) is 8.32 Å². The molecule has 0 spiro atoms. The quantitative estimate of drug-likeness (QED) is 0.194. The van der Waals surface area contributed by atoms with Gasteiger partial charge in [0, 0.05) is 22.1 Å². The molecular weight excluding hydrogens is 550 g/mol. The second-order valence-corrected chi connectivity index (χ2v) is 17.7. The highest BCUT2D eigenvalue weighted by Crippen LogP contribution is 2.54. The second kappa shape index (κ2) is 10.0. The lowest BCUT2D eigenvalue weighted by atomic mass is 9.74. The summed E-state index contributed by atoms with van der Waals surface area (Å²) in [4.78, 5) is 40.5. The Kier molecular flexibility index (Phi) is 7.00. The third-order valence-corrected chi connectivity index (χ3v) is 13.3. The summed E-state index contributed by atoms with van der Waals surface area (Å²) in [5.74, 6) is -0.0492. The van der Waals surface area contributed by atoms with Crippen LogP contribution in [0, 0.1) is 0 Å². The smallest absolute Gasteiger partial charge is 0.310 e. The predicted molar refractivity (Wildman–Crippen MR) is 161 cm³/mol. The van der Waals surface area contributed by atoms with Crippen LogP contribution in [0.3, 0.4) is 0 Å². The highest BCUT2D eigenvalue weighted by Gasteiger charge is 2.44. The van der Waals surface area contributed by atoms with E-state index in [0.29, 0.717) is 39.5 Å². The molecule has 220 valence electrons. The molecule has 0 bridgehead atoms. The third kappa shape index (κ3) is 4.65. The number of hydrogen-bond acceptors (Lipinski definition) is 7. The first-order chi connectivity index (χ1) is 19.6. The van der Waals surface area contributed by atoms with Gasteiger partial charge in [-0.3, -0.25) is 19.3 Å². The van der Waals surface area contributed by atoms with Gasteiger partial charge in [0.15, 0.2) is 0 Å². The summed E-state index contributed by atoms with van der Waals surface area (Å²) < 4.78 is 18.3. The number of carbonyl (C=O) groups excluding carboxylic acids is 3. The number of aromatic hydroxyl groups is 1. The minimum absolute atomic E-state index is 0.0734. The van der Waals surface area contributed by atoms with E-state index in [0.717, 1.165) is 11.1 Å². The molecule has 2 amide bonds. The first kappa shape index (κ1) is 29.4. The Morgan fingerprint density at radius 2 is 1.48 bits per heavy atom. The van der Waals surface area contributed by atoms with Crippen LogP contribution < -0.4 is 9.16 Å². The Labute approximate surface area is 247 Å². The molecule has 2 aliphatic heterocycles. The molecule has 9 heteroatoms. The van der Waals surface area contributed by atoms with Crippen LogP contribution in [0.5, 0.6) is 23.0 Å². The molecule has 0 aromatic heterocycles. The number of benzene rings is 3. The SMILES string of the molecule is COC(=O)Cc1c(O)ccc2c1Oc1c(ccc(O[Si](C)(C)C(C)(C)C)c1CN1C(=O)c3ccccc3C1=O)C2(C)C. The van der Waals surface area contributed by atoms with Crippen LogP contribution >= 0.6 is 0 Å². The van der Waals surface area contributed by atoms with Gasteiger partial charge in [-0.2, -0.15) is 0 Å². The van der Waals surface area contributed by atoms with Crippen LogP contribution in [0.2, 0.25) is 18.1 Å². The lowest BCUT2D eigenvalue weighted by molar-refractivity contribution is -0.139. The molecule has 42 heavy (non-hydrogen) atoms. The van der Waals surface area contributed by atoms with Crippen molar-refractivity contribution in [2.75, 3.05) is 7.11 Å². The van der Waals surface area contributed by atoms with E-state index >= 15 is 0 Å². The minimum Gasteiger partial charge on any atom is -0.543 e. The van der Waals surface area contributed by atoms with Gasteiger partial charge in [0.25, 0.3) is 11.8 Å². The highest BCUT2D eigenvalue weighted by molar-refractivity contribution is 6.74. The molecule has 5 rings (SSSR count). The topological polar surface area (TPSA) is 102 Å². The van der Waals surface area contributed by atoms with E-state index in [2.05, 4.69) is 33.9 Å². The van der Waals surface area contributed by atoms with Gasteiger partial charge in [0.1, 0.15) is 23.0 Å². The maximum atomic E-state index is 13.5. The zero-order valence-corrected chi connectivity index (χ0v) is 26.4. The molecule has 0 saturated heterocycles. The lowest BCUT2D eigenvalue weighted by Crippen LogP contribution is -2.44. The predicted octanol–water partition coefficient (Wildman–Crippen LogP) is 6.72. The summed E-state index contributed by atoms with van der Waals surface area (Å²) >= 11 is 0. The van der Waals surface area contributed by atoms with Crippen LogP contribution in [0.25, 0.3) is 0 Å². The van der Waals surface area contributed by atoms with Gasteiger partial charge in [0.05, 0.1) is 36.8 Å². The van der Waals surface area contributed by atoms with Crippen molar-refractivity contribution in [2.45, 2.75) is 71.1 Å². The first-order valence-corrected chi connectivity index (χ1v) is 16.9.